The Kier molecular flexibility index (Phi) is 14.2. The molecule has 0 aromatic heterocycles. The monoisotopic (exact) mass is 564 g/mol. The second-order valence-electron chi connectivity index (χ2n) is 11.7. The summed E-state index contributed by atoms with van der Waals surface area (Å²) in [6.45, 7) is 10.8. The molecule has 0 aromatic carbocycles. The van der Waals surface area contributed by atoms with Gasteiger partial charge in [-0.3, -0.25) is 0 Å². The maximum absolute atomic E-state index is 4.93. The molecule has 0 amide bonds. The van der Waals surface area contributed by atoms with Crippen LogP contribution in [0.3, 0.4) is 0 Å². The molecule has 4 aliphatic carbocycles. The molecule has 4 heteroatoms. The summed E-state index contributed by atoms with van der Waals surface area (Å²) in [7, 11) is 8.70. The molecule has 0 saturated heterocycles. The molecule has 8 atom stereocenters. The van der Waals surface area contributed by atoms with Gasteiger partial charge >= 0.3 is 37.9 Å². The van der Waals surface area contributed by atoms with E-state index in [-0.39, 0.29) is 14.9 Å². The second kappa shape index (κ2) is 14.3. The van der Waals surface area contributed by atoms with Gasteiger partial charge in [-0.05, 0) is 59.4 Å². The zero-order valence-electron chi connectivity index (χ0n) is 21.6. The summed E-state index contributed by atoms with van der Waals surface area (Å²) in [6.07, 6.45) is 20.3. The SMILES string of the molecule is CCCC(C)C1CC([Si](C)(C)C2CCC3CCCCC32)C2CCCCC12.[CH3-].[CH3-].[Cl][Zr+2][Cl]. The number of rotatable bonds is 5. The summed E-state index contributed by atoms with van der Waals surface area (Å²) in [4.78, 5) is 0. The molecule has 4 saturated carbocycles. The third-order valence-electron chi connectivity index (χ3n) is 10.2. The topological polar surface area (TPSA) is 0 Å². The van der Waals surface area contributed by atoms with Crippen molar-refractivity contribution in [1.82, 2.24) is 0 Å². The Morgan fingerprint density at radius 2 is 1.35 bits per heavy atom. The molecule has 0 radical (unpaired) electrons. The fourth-order valence-electron chi connectivity index (χ4n) is 8.97. The Hall–Kier alpha value is 1.68. The third-order valence-corrected chi connectivity index (χ3v) is 15.4. The van der Waals surface area contributed by atoms with Crippen molar-refractivity contribution in [3.05, 3.63) is 14.9 Å². The van der Waals surface area contributed by atoms with Gasteiger partial charge in [-0.2, -0.15) is 0 Å². The molecule has 4 aliphatic rings. The maximum atomic E-state index is 4.93. The van der Waals surface area contributed by atoms with E-state index in [0.29, 0.717) is 0 Å². The molecular formula is C27H52Cl2SiZr. The minimum absolute atomic E-state index is 0. The molecule has 182 valence electrons. The number of fused-ring (bicyclic) bond motifs is 2. The van der Waals surface area contributed by atoms with Crippen LogP contribution in [0.4, 0.5) is 0 Å². The Morgan fingerprint density at radius 3 is 1.97 bits per heavy atom. The molecule has 0 bridgehead atoms. The summed E-state index contributed by atoms with van der Waals surface area (Å²) in [6, 6.07) is 0. The number of hydrogen-bond acceptors (Lipinski definition) is 0. The van der Waals surface area contributed by atoms with E-state index < -0.39 is 28.9 Å². The summed E-state index contributed by atoms with van der Waals surface area (Å²) in [5, 5.41) is 0. The van der Waals surface area contributed by atoms with Crippen molar-refractivity contribution in [3.63, 3.8) is 0 Å². The molecule has 0 heterocycles. The molecule has 0 spiro atoms. The number of hydrogen-bond donors (Lipinski definition) is 0. The van der Waals surface area contributed by atoms with Crippen molar-refractivity contribution in [1.29, 1.82) is 0 Å². The third kappa shape index (κ3) is 6.88. The zero-order chi connectivity index (χ0) is 21.0. The molecule has 4 rings (SSSR count). The van der Waals surface area contributed by atoms with E-state index >= 15 is 0 Å². The standard InChI is InChI=1S/C25H46Si.2CH3.2ClH.Zr/c1-5-10-18(2)23-17-25(22-14-9-8-13-21(22)23)26(3,4)24-16-15-19-11-6-7-12-20(19)24;;;;;/h18-25H,5-17H2,1-4H3;2*1H3;2*1H;/q;2*-1;;;+4/p-2. The first-order valence-corrected chi connectivity index (χ1v) is 22.4. The van der Waals surface area contributed by atoms with Crippen LogP contribution in [0.15, 0.2) is 0 Å². The summed E-state index contributed by atoms with van der Waals surface area (Å²) in [5.41, 5.74) is 2.35. The van der Waals surface area contributed by atoms with Crippen molar-refractivity contribution in [3.8, 4) is 0 Å². The molecule has 8 unspecified atom stereocenters. The van der Waals surface area contributed by atoms with Crippen molar-refractivity contribution < 1.29 is 20.8 Å². The molecule has 0 nitrogen and oxygen atoms in total. The Morgan fingerprint density at radius 1 is 0.806 bits per heavy atom. The van der Waals surface area contributed by atoms with Crippen molar-refractivity contribution in [2.24, 2.45) is 35.5 Å². The Bertz CT molecular complexity index is 500. The molecule has 0 aromatic rings. The van der Waals surface area contributed by atoms with Gasteiger partial charge < -0.3 is 14.9 Å². The van der Waals surface area contributed by atoms with Gasteiger partial charge in [0.25, 0.3) is 0 Å². The van der Waals surface area contributed by atoms with Crippen molar-refractivity contribution in [2.75, 3.05) is 0 Å². The van der Waals surface area contributed by atoms with Gasteiger partial charge in [-0.15, -0.1) is 0 Å². The van der Waals surface area contributed by atoms with Gasteiger partial charge in [0.05, 0.1) is 8.07 Å². The second-order valence-corrected chi connectivity index (χ2v) is 20.5. The van der Waals surface area contributed by atoms with Gasteiger partial charge in [-0.1, -0.05) is 97.6 Å². The fourth-order valence-corrected chi connectivity index (χ4v) is 14.4. The first kappa shape index (κ1) is 30.7. The summed E-state index contributed by atoms with van der Waals surface area (Å²) >= 11 is -0.826. The van der Waals surface area contributed by atoms with Crippen LogP contribution in [-0.2, 0) is 20.8 Å². The van der Waals surface area contributed by atoms with E-state index in [1.807, 2.05) is 0 Å². The van der Waals surface area contributed by atoms with Crippen LogP contribution < -0.4 is 0 Å². The van der Waals surface area contributed by atoms with Gasteiger partial charge in [-0.25, -0.2) is 0 Å². The van der Waals surface area contributed by atoms with Crippen LogP contribution in [0.25, 0.3) is 0 Å². The van der Waals surface area contributed by atoms with Crippen LogP contribution in [0.1, 0.15) is 97.3 Å². The van der Waals surface area contributed by atoms with Crippen LogP contribution in [0.2, 0.25) is 24.2 Å². The van der Waals surface area contributed by atoms with Gasteiger partial charge in [0.2, 0.25) is 0 Å². The van der Waals surface area contributed by atoms with E-state index in [1.165, 1.54) is 23.9 Å². The Balaban J connectivity index is 0.000000910. The van der Waals surface area contributed by atoms with Crippen LogP contribution in [0, 0.1) is 50.4 Å². The Labute approximate surface area is 216 Å². The quantitative estimate of drug-likeness (QED) is 0.229. The normalized spacial score (nSPS) is 37.7. The minimum atomic E-state index is -1.16. The average Bonchev–Trinajstić information content (AvgIpc) is 3.31. The average molecular weight is 567 g/mol. The fraction of sp³-hybridized carbons (Fsp3) is 0.926. The van der Waals surface area contributed by atoms with E-state index in [1.54, 1.807) is 70.6 Å². The van der Waals surface area contributed by atoms with Gasteiger partial charge in [0.1, 0.15) is 0 Å². The zero-order valence-corrected chi connectivity index (χ0v) is 26.5. The first-order chi connectivity index (χ1) is 14.0. The van der Waals surface area contributed by atoms with Crippen LogP contribution in [0.5, 0.6) is 0 Å². The first-order valence-electron chi connectivity index (χ1n) is 12.9. The van der Waals surface area contributed by atoms with Crippen molar-refractivity contribution in [2.45, 2.75) is 121 Å². The van der Waals surface area contributed by atoms with Gasteiger partial charge in [0.15, 0.2) is 0 Å². The summed E-state index contributed by atoms with van der Waals surface area (Å²) in [5.74, 6) is 6.62. The number of halogens is 2. The molecule has 0 aliphatic heterocycles. The van der Waals surface area contributed by atoms with Crippen LogP contribution in [-0.4, -0.2) is 8.07 Å². The summed E-state index contributed by atoms with van der Waals surface area (Å²) < 4.78 is 0. The van der Waals surface area contributed by atoms with E-state index in [0.717, 1.165) is 35.5 Å². The molecule has 31 heavy (non-hydrogen) atoms. The van der Waals surface area contributed by atoms with Crippen molar-refractivity contribution >= 4 is 25.1 Å². The molecule has 0 N–H and O–H groups in total. The molecule has 4 fully saturated rings. The molecular weight excluding hydrogens is 515 g/mol. The van der Waals surface area contributed by atoms with Crippen LogP contribution >= 0.6 is 17.0 Å². The van der Waals surface area contributed by atoms with Gasteiger partial charge in [0, 0.05) is 0 Å². The van der Waals surface area contributed by atoms with E-state index in [2.05, 4.69) is 26.9 Å². The van der Waals surface area contributed by atoms with E-state index in [9.17, 15) is 0 Å². The predicted molar refractivity (Wildman–Crippen MR) is 142 cm³/mol. The predicted octanol–water partition coefficient (Wildman–Crippen LogP) is 10.6. The van der Waals surface area contributed by atoms with E-state index in [4.69, 9.17) is 17.0 Å².